The lowest BCUT2D eigenvalue weighted by Crippen LogP contribution is -2.25. The van der Waals surface area contributed by atoms with E-state index in [4.69, 9.17) is 5.21 Å². The molecular formula is C10H19NO. The highest BCUT2D eigenvalue weighted by atomic mass is 16.4. The molecule has 0 aromatic carbocycles. The second-order valence-corrected chi connectivity index (χ2v) is 3.83. The van der Waals surface area contributed by atoms with Gasteiger partial charge in [-0.05, 0) is 25.2 Å². The topological polar surface area (TPSA) is 32.6 Å². The fourth-order valence-electron chi connectivity index (χ4n) is 2.04. The van der Waals surface area contributed by atoms with Crippen molar-refractivity contribution in [3.63, 3.8) is 0 Å². The second kappa shape index (κ2) is 4.48. The van der Waals surface area contributed by atoms with Crippen molar-refractivity contribution in [1.29, 1.82) is 0 Å². The van der Waals surface area contributed by atoms with Crippen LogP contribution in [0.5, 0.6) is 0 Å². The predicted octanol–water partition coefficient (Wildman–Crippen LogP) is 3.05. The maximum atomic E-state index is 8.79. The highest BCUT2D eigenvalue weighted by Crippen LogP contribution is 2.29. The van der Waals surface area contributed by atoms with E-state index in [0.29, 0.717) is 11.8 Å². The van der Waals surface area contributed by atoms with Crippen LogP contribution in [0.25, 0.3) is 0 Å². The third-order valence-corrected chi connectivity index (χ3v) is 3.09. The molecule has 12 heavy (non-hydrogen) atoms. The summed E-state index contributed by atoms with van der Waals surface area (Å²) in [6.45, 7) is 4.45. The van der Waals surface area contributed by atoms with E-state index in [-0.39, 0.29) is 0 Å². The van der Waals surface area contributed by atoms with Gasteiger partial charge < -0.3 is 5.21 Å². The fraction of sp³-hybridized carbons (Fsp3) is 0.900. The Morgan fingerprint density at radius 1 is 1.58 bits per heavy atom. The molecule has 0 spiro atoms. The van der Waals surface area contributed by atoms with Crippen LogP contribution in [-0.2, 0) is 0 Å². The molecule has 2 heteroatoms. The summed E-state index contributed by atoms with van der Waals surface area (Å²) in [5.74, 6) is 1.23. The predicted molar refractivity (Wildman–Crippen MR) is 50.6 cm³/mol. The largest absolute Gasteiger partial charge is 0.411 e. The monoisotopic (exact) mass is 169 g/mol. The molecule has 1 fully saturated rings. The molecule has 2 nitrogen and oxygen atoms in total. The summed E-state index contributed by atoms with van der Waals surface area (Å²) in [6, 6.07) is 0. The lowest BCUT2D eigenvalue weighted by Gasteiger charge is -2.27. The lowest BCUT2D eigenvalue weighted by molar-refractivity contribution is 0.296. The summed E-state index contributed by atoms with van der Waals surface area (Å²) < 4.78 is 0. The normalized spacial score (nSPS) is 30.5. The molecule has 0 saturated heterocycles. The third-order valence-electron chi connectivity index (χ3n) is 3.09. The standard InChI is InChI=1S/C10H19NO/c1-3-8(2)9-6-4-5-7-10(9)11-12/h8-9,12H,3-7H2,1-2H3/b11-10+. The van der Waals surface area contributed by atoms with Gasteiger partial charge in [0.2, 0.25) is 0 Å². The van der Waals surface area contributed by atoms with Crippen molar-refractivity contribution >= 4 is 5.71 Å². The minimum Gasteiger partial charge on any atom is -0.411 e. The highest BCUT2D eigenvalue weighted by molar-refractivity contribution is 5.87. The van der Waals surface area contributed by atoms with E-state index in [2.05, 4.69) is 19.0 Å². The quantitative estimate of drug-likeness (QED) is 0.500. The summed E-state index contributed by atoms with van der Waals surface area (Å²) >= 11 is 0. The Hall–Kier alpha value is -0.530. The SMILES string of the molecule is CCC(C)C1CCCC/C1=N\O. The van der Waals surface area contributed by atoms with Crippen LogP contribution in [0, 0.1) is 11.8 Å². The van der Waals surface area contributed by atoms with Crippen molar-refractivity contribution in [3.8, 4) is 0 Å². The van der Waals surface area contributed by atoms with Crippen molar-refractivity contribution < 1.29 is 5.21 Å². The van der Waals surface area contributed by atoms with Crippen LogP contribution in [0.3, 0.4) is 0 Å². The van der Waals surface area contributed by atoms with Crippen molar-refractivity contribution in [3.05, 3.63) is 0 Å². The number of hydrogen-bond acceptors (Lipinski definition) is 2. The molecule has 0 aromatic rings. The zero-order chi connectivity index (χ0) is 8.97. The van der Waals surface area contributed by atoms with Gasteiger partial charge in [-0.1, -0.05) is 31.8 Å². The van der Waals surface area contributed by atoms with E-state index in [1.165, 1.54) is 25.7 Å². The van der Waals surface area contributed by atoms with Crippen LogP contribution in [-0.4, -0.2) is 10.9 Å². The van der Waals surface area contributed by atoms with Crippen LogP contribution in [0.4, 0.5) is 0 Å². The van der Waals surface area contributed by atoms with Gasteiger partial charge in [0, 0.05) is 5.92 Å². The fourth-order valence-corrected chi connectivity index (χ4v) is 2.04. The first kappa shape index (κ1) is 9.56. The minimum absolute atomic E-state index is 0.550. The Kier molecular flexibility index (Phi) is 3.57. The number of hydrogen-bond donors (Lipinski definition) is 1. The van der Waals surface area contributed by atoms with Crippen LogP contribution < -0.4 is 0 Å². The van der Waals surface area contributed by atoms with E-state index in [1.54, 1.807) is 0 Å². The highest BCUT2D eigenvalue weighted by Gasteiger charge is 2.24. The first-order chi connectivity index (χ1) is 5.79. The van der Waals surface area contributed by atoms with Gasteiger partial charge in [-0.15, -0.1) is 0 Å². The van der Waals surface area contributed by atoms with Gasteiger partial charge in [-0.2, -0.15) is 0 Å². The molecule has 0 heterocycles. The molecule has 1 aliphatic rings. The van der Waals surface area contributed by atoms with Crippen molar-refractivity contribution in [2.45, 2.75) is 46.0 Å². The second-order valence-electron chi connectivity index (χ2n) is 3.83. The Bertz CT molecular complexity index is 165. The van der Waals surface area contributed by atoms with Crippen LogP contribution in [0.1, 0.15) is 46.0 Å². The lowest BCUT2D eigenvalue weighted by atomic mass is 9.78. The van der Waals surface area contributed by atoms with Gasteiger partial charge in [0.1, 0.15) is 0 Å². The first-order valence-corrected chi connectivity index (χ1v) is 5.00. The molecule has 0 bridgehead atoms. The van der Waals surface area contributed by atoms with Gasteiger partial charge in [-0.3, -0.25) is 0 Å². The van der Waals surface area contributed by atoms with E-state index >= 15 is 0 Å². The van der Waals surface area contributed by atoms with Gasteiger partial charge in [0.15, 0.2) is 0 Å². The summed E-state index contributed by atoms with van der Waals surface area (Å²) in [4.78, 5) is 0. The van der Waals surface area contributed by atoms with E-state index < -0.39 is 0 Å². The average molecular weight is 169 g/mol. The van der Waals surface area contributed by atoms with Gasteiger partial charge >= 0.3 is 0 Å². The first-order valence-electron chi connectivity index (χ1n) is 5.00. The van der Waals surface area contributed by atoms with Crippen molar-refractivity contribution in [2.24, 2.45) is 17.0 Å². The summed E-state index contributed by atoms with van der Waals surface area (Å²) in [5.41, 5.74) is 1.04. The number of rotatable bonds is 2. The van der Waals surface area contributed by atoms with Crippen LogP contribution >= 0.6 is 0 Å². The van der Waals surface area contributed by atoms with Crippen LogP contribution in [0.2, 0.25) is 0 Å². The molecule has 1 N–H and O–H groups in total. The number of oxime groups is 1. The van der Waals surface area contributed by atoms with Gasteiger partial charge in [0.05, 0.1) is 5.71 Å². The maximum Gasteiger partial charge on any atom is 0.0604 e. The zero-order valence-electron chi connectivity index (χ0n) is 8.08. The maximum absolute atomic E-state index is 8.79. The summed E-state index contributed by atoms with van der Waals surface area (Å²) in [6.07, 6.45) is 5.91. The average Bonchev–Trinajstić information content (AvgIpc) is 2.16. The molecule has 1 rings (SSSR count). The smallest absolute Gasteiger partial charge is 0.0604 e. The summed E-state index contributed by atoms with van der Waals surface area (Å²) in [7, 11) is 0. The Balaban J connectivity index is 2.59. The van der Waals surface area contributed by atoms with Crippen molar-refractivity contribution in [1.82, 2.24) is 0 Å². The molecule has 2 unspecified atom stereocenters. The van der Waals surface area contributed by atoms with Crippen molar-refractivity contribution in [2.75, 3.05) is 0 Å². The van der Waals surface area contributed by atoms with Gasteiger partial charge in [-0.25, -0.2) is 0 Å². The number of nitrogens with zero attached hydrogens (tertiary/aromatic N) is 1. The molecule has 70 valence electrons. The van der Waals surface area contributed by atoms with E-state index in [1.807, 2.05) is 0 Å². The Morgan fingerprint density at radius 3 is 2.92 bits per heavy atom. The van der Waals surface area contributed by atoms with E-state index in [9.17, 15) is 0 Å². The molecule has 0 amide bonds. The molecule has 0 radical (unpaired) electrons. The van der Waals surface area contributed by atoms with E-state index in [0.717, 1.165) is 12.1 Å². The molecule has 0 aliphatic heterocycles. The third kappa shape index (κ3) is 1.99. The molecule has 2 atom stereocenters. The summed E-state index contributed by atoms with van der Waals surface area (Å²) in [5, 5.41) is 12.2. The Labute approximate surface area is 74.7 Å². The van der Waals surface area contributed by atoms with Crippen LogP contribution in [0.15, 0.2) is 5.16 Å². The van der Waals surface area contributed by atoms with Gasteiger partial charge in [0.25, 0.3) is 0 Å². The Morgan fingerprint density at radius 2 is 2.33 bits per heavy atom. The molecule has 0 aromatic heterocycles. The molecular weight excluding hydrogens is 150 g/mol. The molecule has 1 saturated carbocycles. The zero-order valence-corrected chi connectivity index (χ0v) is 8.08. The minimum atomic E-state index is 0.550. The molecule has 1 aliphatic carbocycles.